The first-order valence-corrected chi connectivity index (χ1v) is 18.8. The zero-order valence-electron chi connectivity index (χ0n) is 27.8. The molecule has 244 valence electrons. The molecule has 3 aromatic heterocycles. The molecule has 0 aliphatic heterocycles. The van der Waals surface area contributed by atoms with Crippen molar-refractivity contribution in [3.63, 3.8) is 0 Å². The molecule has 7 aromatic carbocycles. The lowest BCUT2D eigenvalue weighted by Crippen LogP contribution is -2.00. The molecule has 10 rings (SSSR count). The molecule has 0 radical (unpaired) electrons. The Kier molecular flexibility index (Phi) is 7.48. The van der Waals surface area contributed by atoms with Gasteiger partial charge in [0.1, 0.15) is 5.01 Å². The molecule has 4 nitrogen and oxygen atoms in total. The van der Waals surface area contributed by atoms with Crippen LogP contribution >= 0.6 is 22.7 Å². The Balaban J connectivity index is 1.14. The highest BCUT2D eigenvalue weighted by Crippen LogP contribution is 2.45. The Hall–Kier alpha value is -6.34. The molecule has 0 atom stereocenters. The van der Waals surface area contributed by atoms with Crippen LogP contribution in [0.3, 0.4) is 0 Å². The Labute approximate surface area is 308 Å². The molecule has 10 aromatic rings. The van der Waals surface area contributed by atoms with Gasteiger partial charge in [0.25, 0.3) is 0 Å². The Morgan fingerprint density at radius 3 is 1.46 bits per heavy atom. The van der Waals surface area contributed by atoms with E-state index in [0.29, 0.717) is 17.5 Å². The second-order valence-corrected chi connectivity index (χ2v) is 14.7. The molecular formula is C46H28N4S2. The van der Waals surface area contributed by atoms with E-state index in [-0.39, 0.29) is 0 Å². The molecule has 3 heterocycles. The van der Waals surface area contributed by atoms with Crippen LogP contribution in [0.4, 0.5) is 0 Å². The summed E-state index contributed by atoms with van der Waals surface area (Å²) in [6, 6.07) is 59.1. The van der Waals surface area contributed by atoms with Crippen molar-refractivity contribution in [2.24, 2.45) is 0 Å². The monoisotopic (exact) mass is 700 g/mol. The molecule has 0 bridgehead atoms. The number of benzene rings is 7. The van der Waals surface area contributed by atoms with Gasteiger partial charge in [-0.2, -0.15) is 0 Å². The molecule has 0 aliphatic rings. The third kappa shape index (κ3) is 5.46. The van der Waals surface area contributed by atoms with E-state index < -0.39 is 0 Å². The predicted molar refractivity (Wildman–Crippen MR) is 219 cm³/mol. The number of nitrogens with zero attached hydrogens (tertiary/aromatic N) is 4. The summed E-state index contributed by atoms with van der Waals surface area (Å²) in [6.45, 7) is 0. The van der Waals surface area contributed by atoms with Crippen molar-refractivity contribution in [1.29, 1.82) is 0 Å². The average Bonchev–Trinajstić information content (AvgIpc) is 3.84. The van der Waals surface area contributed by atoms with Crippen molar-refractivity contribution in [2.75, 3.05) is 0 Å². The average molecular weight is 701 g/mol. The number of rotatable bonds is 6. The lowest BCUT2D eigenvalue weighted by molar-refractivity contribution is 1.08. The summed E-state index contributed by atoms with van der Waals surface area (Å²) < 4.78 is 3.59. The number of thiophene rings is 1. The van der Waals surface area contributed by atoms with Gasteiger partial charge in [-0.15, -0.1) is 22.7 Å². The highest BCUT2D eigenvalue weighted by atomic mass is 32.1. The highest BCUT2D eigenvalue weighted by molar-refractivity contribution is 7.27. The van der Waals surface area contributed by atoms with Crippen LogP contribution in [0.25, 0.3) is 97.4 Å². The summed E-state index contributed by atoms with van der Waals surface area (Å²) in [5, 5.41) is 3.35. The molecule has 0 unspecified atom stereocenters. The first-order valence-electron chi connectivity index (χ1n) is 17.1. The van der Waals surface area contributed by atoms with Crippen LogP contribution < -0.4 is 0 Å². The lowest BCUT2D eigenvalue weighted by atomic mass is 10.0. The highest BCUT2D eigenvalue weighted by Gasteiger charge is 2.19. The summed E-state index contributed by atoms with van der Waals surface area (Å²) in [4.78, 5) is 20.5. The molecule has 0 aliphatic carbocycles. The van der Waals surface area contributed by atoms with Crippen molar-refractivity contribution in [1.82, 2.24) is 19.9 Å². The Morgan fingerprint density at radius 1 is 0.327 bits per heavy atom. The second-order valence-electron chi connectivity index (χ2n) is 12.6. The summed E-state index contributed by atoms with van der Waals surface area (Å²) in [5.41, 5.74) is 9.67. The summed E-state index contributed by atoms with van der Waals surface area (Å²) >= 11 is 3.53. The fourth-order valence-electron chi connectivity index (χ4n) is 6.83. The topological polar surface area (TPSA) is 51.6 Å². The van der Waals surface area contributed by atoms with Gasteiger partial charge in [-0.1, -0.05) is 152 Å². The van der Waals surface area contributed by atoms with E-state index >= 15 is 0 Å². The Morgan fingerprint density at radius 2 is 0.827 bits per heavy atom. The number of aromatic nitrogens is 4. The molecule has 6 heteroatoms. The third-order valence-corrected chi connectivity index (χ3v) is 11.7. The zero-order valence-corrected chi connectivity index (χ0v) is 29.4. The van der Waals surface area contributed by atoms with E-state index in [1.54, 1.807) is 22.7 Å². The van der Waals surface area contributed by atoms with Gasteiger partial charge < -0.3 is 0 Å². The van der Waals surface area contributed by atoms with E-state index in [0.717, 1.165) is 49.3 Å². The SMILES string of the molecule is c1ccc(-c2ccc(-c3nc(-c4ccc(-c5ccccc5)cc4)nc(-c4cccc5sc6c(-c7nc8ccccc8s7)cccc6c45)n3)cc2)cc1. The smallest absolute Gasteiger partial charge is 0.164 e. The van der Waals surface area contributed by atoms with E-state index in [9.17, 15) is 0 Å². The van der Waals surface area contributed by atoms with Crippen molar-refractivity contribution in [3.05, 3.63) is 170 Å². The minimum absolute atomic E-state index is 0.637. The zero-order chi connectivity index (χ0) is 34.4. The van der Waals surface area contributed by atoms with Crippen molar-refractivity contribution in [2.45, 2.75) is 0 Å². The van der Waals surface area contributed by atoms with Crippen molar-refractivity contribution in [3.8, 4) is 67.0 Å². The second kappa shape index (κ2) is 12.8. The summed E-state index contributed by atoms with van der Waals surface area (Å²) in [7, 11) is 0. The summed E-state index contributed by atoms with van der Waals surface area (Å²) in [5.74, 6) is 1.92. The minimum Gasteiger partial charge on any atom is -0.236 e. The minimum atomic E-state index is 0.637. The van der Waals surface area contributed by atoms with Crippen LogP contribution in [0, 0.1) is 0 Å². The number of fused-ring (bicyclic) bond motifs is 4. The fourth-order valence-corrected chi connectivity index (χ4v) is 9.13. The number of hydrogen-bond acceptors (Lipinski definition) is 6. The molecule has 0 saturated heterocycles. The van der Waals surface area contributed by atoms with E-state index in [1.807, 2.05) is 18.2 Å². The maximum atomic E-state index is 5.19. The van der Waals surface area contributed by atoms with Gasteiger partial charge in [0.2, 0.25) is 0 Å². The van der Waals surface area contributed by atoms with E-state index in [1.165, 1.54) is 30.6 Å². The third-order valence-electron chi connectivity index (χ3n) is 9.42. The first kappa shape index (κ1) is 30.5. The molecule has 52 heavy (non-hydrogen) atoms. The van der Waals surface area contributed by atoms with Gasteiger partial charge in [0, 0.05) is 42.4 Å². The molecule has 0 saturated carbocycles. The van der Waals surface area contributed by atoms with Crippen LogP contribution in [0.2, 0.25) is 0 Å². The maximum Gasteiger partial charge on any atom is 0.164 e. The summed E-state index contributed by atoms with van der Waals surface area (Å²) in [6.07, 6.45) is 0. The van der Waals surface area contributed by atoms with Crippen molar-refractivity contribution >= 4 is 53.1 Å². The van der Waals surface area contributed by atoms with Gasteiger partial charge in [0.15, 0.2) is 17.5 Å². The number of hydrogen-bond donors (Lipinski definition) is 0. The standard InChI is InChI=1S/C46H28N4S2/c1-3-11-29(12-4-1)31-21-25-33(26-22-31)43-48-44(34-27-23-32(24-28-34)30-13-5-2-6-14-30)50-45(49-43)36-16-10-20-40-41(36)35-15-9-17-37(42(35)51-40)46-47-38-18-7-8-19-39(38)52-46/h1-28H. The normalized spacial score (nSPS) is 11.5. The van der Waals surface area contributed by atoms with Gasteiger partial charge >= 0.3 is 0 Å². The van der Waals surface area contributed by atoms with Gasteiger partial charge in [-0.3, -0.25) is 0 Å². The van der Waals surface area contributed by atoms with Crippen LogP contribution in [-0.2, 0) is 0 Å². The van der Waals surface area contributed by atoms with Crippen LogP contribution in [-0.4, -0.2) is 19.9 Å². The molecule has 0 amide bonds. The first-order chi connectivity index (χ1) is 25.7. The molecule has 0 spiro atoms. The molecule has 0 N–H and O–H groups in total. The van der Waals surface area contributed by atoms with Crippen LogP contribution in [0.5, 0.6) is 0 Å². The van der Waals surface area contributed by atoms with Crippen LogP contribution in [0.1, 0.15) is 0 Å². The maximum absolute atomic E-state index is 5.19. The number of para-hydroxylation sites is 1. The van der Waals surface area contributed by atoms with Gasteiger partial charge in [0.05, 0.1) is 10.2 Å². The quantitative estimate of drug-likeness (QED) is 0.173. The largest absolute Gasteiger partial charge is 0.236 e. The van der Waals surface area contributed by atoms with E-state index in [2.05, 4.69) is 152 Å². The Bertz CT molecular complexity index is 2740. The predicted octanol–water partition coefficient (Wildman–Crippen LogP) is 12.9. The van der Waals surface area contributed by atoms with Gasteiger partial charge in [-0.05, 0) is 40.5 Å². The van der Waals surface area contributed by atoms with E-state index in [4.69, 9.17) is 19.9 Å². The molecule has 0 fully saturated rings. The molecular weight excluding hydrogens is 673 g/mol. The van der Waals surface area contributed by atoms with Crippen molar-refractivity contribution < 1.29 is 0 Å². The lowest BCUT2D eigenvalue weighted by Gasteiger charge is -2.11. The van der Waals surface area contributed by atoms with Crippen LogP contribution in [0.15, 0.2) is 170 Å². The van der Waals surface area contributed by atoms with Gasteiger partial charge in [-0.25, -0.2) is 19.9 Å². The fraction of sp³-hybridized carbons (Fsp3) is 0. The number of thiazole rings is 1.